The van der Waals surface area contributed by atoms with Gasteiger partial charge in [-0.3, -0.25) is 10.1 Å². The number of nitrogens with zero attached hydrogens (tertiary/aromatic N) is 1. The lowest BCUT2D eigenvalue weighted by molar-refractivity contribution is -0.387. The van der Waals surface area contributed by atoms with E-state index in [2.05, 4.69) is 0 Å². The minimum absolute atomic E-state index is 0.0665. The first-order valence-electron chi connectivity index (χ1n) is 4.89. The van der Waals surface area contributed by atoms with Crippen LogP contribution in [0.3, 0.4) is 0 Å². The highest BCUT2D eigenvalue weighted by Crippen LogP contribution is 2.31. The first-order chi connectivity index (χ1) is 8.70. The molecule has 0 spiro atoms. The molecule has 0 N–H and O–H groups in total. The molecule has 0 amide bonds. The lowest BCUT2D eigenvalue weighted by atomic mass is 10.3. The number of nitro groups is 1. The van der Waals surface area contributed by atoms with Crippen LogP contribution in [0, 0.1) is 15.9 Å². The van der Waals surface area contributed by atoms with Gasteiger partial charge in [0, 0.05) is 22.8 Å². The highest BCUT2D eigenvalue weighted by molar-refractivity contribution is 8.13. The lowest BCUT2D eigenvalue weighted by Crippen LogP contribution is -2.05. The molecule has 0 unspecified atom stereocenters. The Bertz CT molecular complexity index is 593. The van der Waals surface area contributed by atoms with Crippen molar-refractivity contribution in [1.82, 2.24) is 0 Å². The molecule has 0 aliphatic rings. The van der Waals surface area contributed by atoms with Gasteiger partial charge in [0.25, 0.3) is 0 Å². The summed E-state index contributed by atoms with van der Waals surface area (Å²) in [7, 11) is 1.36. The van der Waals surface area contributed by atoms with Gasteiger partial charge < -0.3 is 4.74 Å². The third kappa shape index (κ3) is 5.17. The van der Waals surface area contributed by atoms with Gasteiger partial charge in [-0.2, -0.15) is 4.39 Å². The summed E-state index contributed by atoms with van der Waals surface area (Å²) >= 11 is 5.67. The normalized spacial score (nSPS) is 11.3. The first-order valence-corrected chi connectivity index (χ1v) is 7.75. The molecule has 10 heteroatoms. The molecule has 0 aromatic heterocycles. The highest BCUT2D eigenvalue weighted by Gasteiger charge is 2.18. The Morgan fingerprint density at radius 1 is 1.42 bits per heavy atom. The molecule has 106 valence electrons. The van der Waals surface area contributed by atoms with Crippen molar-refractivity contribution in [3.8, 4) is 5.75 Å². The quantitative estimate of drug-likeness (QED) is 0.346. The molecular formula is C9H8Cl2FNO5S. The average Bonchev–Trinajstić information content (AvgIpc) is 2.26. The monoisotopic (exact) mass is 331 g/mol. The Morgan fingerprint density at radius 3 is 2.58 bits per heavy atom. The van der Waals surface area contributed by atoms with Crippen molar-refractivity contribution in [2.45, 2.75) is 6.42 Å². The van der Waals surface area contributed by atoms with E-state index in [4.69, 9.17) is 27.0 Å². The molecule has 0 bridgehead atoms. The molecule has 1 aromatic rings. The van der Waals surface area contributed by atoms with E-state index in [0.29, 0.717) is 0 Å². The van der Waals surface area contributed by atoms with Gasteiger partial charge in [-0.1, -0.05) is 11.6 Å². The van der Waals surface area contributed by atoms with Crippen molar-refractivity contribution in [1.29, 1.82) is 0 Å². The topological polar surface area (TPSA) is 86.5 Å². The summed E-state index contributed by atoms with van der Waals surface area (Å²) in [5.74, 6) is -1.49. The summed E-state index contributed by atoms with van der Waals surface area (Å²) in [6, 6.07) is 1.60. The van der Waals surface area contributed by atoms with Gasteiger partial charge in [0.15, 0.2) is 0 Å². The fourth-order valence-corrected chi connectivity index (χ4v) is 2.18. The molecule has 1 aromatic carbocycles. The first kappa shape index (κ1) is 15.9. The Hall–Kier alpha value is -1.12. The van der Waals surface area contributed by atoms with Crippen molar-refractivity contribution in [3.63, 3.8) is 0 Å². The molecule has 0 fully saturated rings. The zero-order valence-corrected chi connectivity index (χ0v) is 11.6. The average molecular weight is 332 g/mol. The van der Waals surface area contributed by atoms with E-state index in [1.165, 1.54) is 0 Å². The Morgan fingerprint density at radius 2 is 2.05 bits per heavy atom. The van der Waals surface area contributed by atoms with Crippen LogP contribution in [0.5, 0.6) is 5.75 Å². The van der Waals surface area contributed by atoms with Gasteiger partial charge in [-0.05, 0) is 6.42 Å². The van der Waals surface area contributed by atoms with Crippen molar-refractivity contribution in [2.24, 2.45) is 0 Å². The van der Waals surface area contributed by atoms with Crippen LogP contribution in [0.25, 0.3) is 0 Å². The van der Waals surface area contributed by atoms with Crippen molar-refractivity contribution < 1.29 is 22.5 Å². The molecule has 0 atom stereocenters. The minimum Gasteiger partial charge on any atom is -0.492 e. The van der Waals surface area contributed by atoms with Crippen LogP contribution in [0.4, 0.5) is 10.1 Å². The second-order valence-electron chi connectivity index (χ2n) is 3.44. The van der Waals surface area contributed by atoms with E-state index in [0.717, 1.165) is 12.1 Å². The molecule has 0 heterocycles. The van der Waals surface area contributed by atoms with Gasteiger partial charge in [0.2, 0.25) is 14.9 Å². The summed E-state index contributed by atoms with van der Waals surface area (Å²) in [4.78, 5) is 9.53. The fraction of sp³-hybridized carbons (Fsp3) is 0.333. The van der Waals surface area contributed by atoms with Crippen LogP contribution >= 0.6 is 22.3 Å². The standard InChI is InChI=1S/C9H8Cl2FNO5S/c10-6-4-8(13(14)15)7(12)5-9(6)18-2-1-3-19(11,16)17/h4-5H,1-3H2. The number of benzene rings is 1. The van der Waals surface area contributed by atoms with E-state index in [9.17, 15) is 22.9 Å². The molecule has 0 saturated carbocycles. The number of rotatable bonds is 6. The summed E-state index contributed by atoms with van der Waals surface area (Å²) in [5.41, 5.74) is -0.763. The number of nitro benzene ring substituents is 1. The van der Waals surface area contributed by atoms with Crippen molar-refractivity contribution in [3.05, 3.63) is 33.1 Å². The number of halogens is 3. The Labute approximate surface area is 117 Å². The number of hydrogen-bond acceptors (Lipinski definition) is 5. The predicted molar refractivity (Wildman–Crippen MR) is 67.8 cm³/mol. The van der Waals surface area contributed by atoms with Gasteiger partial charge in [-0.25, -0.2) is 8.42 Å². The second-order valence-corrected chi connectivity index (χ2v) is 6.74. The number of ether oxygens (including phenoxy) is 1. The second kappa shape index (κ2) is 6.36. The summed E-state index contributed by atoms with van der Waals surface area (Å²) in [6.07, 6.45) is 0.0841. The van der Waals surface area contributed by atoms with Crippen molar-refractivity contribution in [2.75, 3.05) is 12.4 Å². The van der Waals surface area contributed by atoms with Gasteiger partial charge in [0.1, 0.15) is 5.75 Å². The summed E-state index contributed by atoms with van der Waals surface area (Å²) in [6.45, 7) is -0.0665. The molecule has 0 radical (unpaired) electrons. The zero-order valence-electron chi connectivity index (χ0n) is 9.31. The predicted octanol–water partition coefficient (Wildman–Crippen LogP) is 2.72. The van der Waals surface area contributed by atoms with Crippen LogP contribution < -0.4 is 4.74 Å². The van der Waals surface area contributed by atoms with Crippen LogP contribution in [0.15, 0.2) is 12.1 Å². The largest absolute Gasteiger partial charge is 0.492 e. The summed E-state index contributed by atoms with van der Waals surface area (Å²) < 4.78 is 39.6. The van der Waals surface area contributed by atoms with Crippen LogP contribution in [-0.2, 0) is 9.05 Å². The number of hydrogen-bond donors (Lipinski definition) is 0. The molecule has 0 saturated heterocycles. The van der Waals surface area contributed by atoms with Crippen LogP contribution in [0.2, 0.25) is 5.02 Å². The maximum Gasteiger partial charge on any atom is 0.306 e. The minimum atomic E-state index is -3.62. The van der Waals surface area contributed by atoms with E-state index in [1.54, 1.807) is 0 Å². The zero-order chi connectivity index (χ0) is 14.6. The Kier molecular flexibility index (Phi) is 5.33. The van der Waals surface area contributed by atoms with E-state index < -0.39 is 25.5 Å². The van der Waals surface area contributed by atoms with E-state index >= 15 is 0 Å². The van der Waals surface area contributed by atoms with Crippen molar-refractivity contribution >= 4 is 37.0 Å². The molecule has 1 rings (SSSR count). The van der Waals surface area contributed by atoms with Gasteiger partial charge in [-0.15, -0.1) is 0 Å². The van der Waals surface area contributed by atoms with Gasteiger partial charge >= 0.3 is 5.69 Å². The maximum absolute atomic E-state index is 13.3. The SMILES string of the molecule is O=[N+]([O-])c1cc(Cl)c(OCCCS(=O)(=O)Cl)cc1F. The third-order valence-electron chi connectivity index (χ3n) is 1.99. The molecule has 19 heavy (non-hydrogen) atoms. The van der Waals surface area contributed by atoms with Crippen LogP contribution in [0.1, 0.15) is 6.42 Å². The fourth-order valence-electron chi connectivity index (χ4n) is 1.18. The molecule has 0 aliphatic carbocycles. The summed E-state index contributed by atoms with van der Waals surface area (Å²) in [5, 5.41) is 10.3. The molecule has 6 nitrogen and oxygen atoms in total. The van der Waals surface area contributed by atoms with E-state index in [1.807, 2.05) is 0 Å². The highest BCUT2D eigenvalue weighted by atomic mass is 35.7. The molecule has 0 aliphatic heterocycles. The lowest BCUT2D eigenvalue weighted by Gasteiger charge is -2.07. The Balaban J connectivity index is 2.70. The van der Waals surface area contributed by atoms with Crippen LogP contribution in [-0.4, -0.2) is 25.7 Å². The van der Waals surface area contributed by atoms with Gasteiger partial charge in [0.05, 0.1) is 22.3 Å². The maximum atomic E-state index is 13.3. The third-order valence-corrected chi connectivity index (χ3v) is 3.52. The van der Waals surface area contributed by atoms with E-state index in [-0.39, 0.29) is 29.6 Å². The molecular weight excluding hydrogens is 324 g/mol. The smallest absolute Gasteiger partial charge is 0.306 e.